The Kier molecular flexibility index (Phi) is 2.49. The topological polar surface area (TPSA) is 32.9 Å². The first kappa shape index (κ1) is 10.5. The third kappa shape index (κ3) is 1.64. The van der Waals surface area contributed by atoms with Gasteiger partial charge in [-0.2, -0.15) is 0 Å². The molecule has 2 nitrogen and oxygen atoms in total. The van der Waals surface area contributed by atoms with Gasteiger partial charge in [0.2, 0.25) is 5.43 Å². The number of halogens is 2. The zero-order valence-electron chi connectivity index (χ0n) is 8.32. The summed E-state index contributed by atoms with van der Waals surface area (Å²) in [7, 11) is 0. The summed E-state index contributed by atoms with van der Waals surface area (Å²) in [5, 5.41) is 1.31. The number of aromatic amines is 1. The lowest BCUT2D eigenvalue weighted by molar-refractivity contribution is 1.24. The number of aryl methyl sites for hydroxylation is 2. The van der Waals surface area contributed by atoms with Gasteiger partial charge in [0, 0.05) is 11.1 Å². The van der Waals surface area contributed by atoms with Gasteiger partial charge >= 0.3 is 0 Å². The van der Waals surface area contributed by atoms with E-state index in [1.54, 1.807) is 13.0 Å². The highest BCUT2D eigenvalue weighted by Gasteiger charge is 2.09. The first-order chi connectivity index (χ1) is 7.00. The van der Waals surface area contributed by atoms with E-state index in [0.717, 1.165) is 5.56 Å². The van der Waals surface area contributed by atoms with Gasteiger partial charge in [-0.1, -0.05) is 23.2 Å². The minimum Gasteiger partial charge on any atom is -0.356 e. The lowest BCUT2D eigenvalue weighted by Crippen LogP contribution is -2.06. The number of rotatable bonds is 0. The van der Waals surface area contributed by atoms with Crippen molar-refractivity contribution >= 4 is 34.1 Å². The predicted octanol–water partition coefficient (Wildman–Crippen LogP) is 3.45. The molecule has 1 N–H and O–H groups in total. The molecule has 78 valence electrons. The monoisotopic (exact) mass is 241 g/mol. The Balaban J connectivity index is 3.06. The number of aromatic nitrogens is 1. The summed E-state index contributed by atoms with van der Waals surface area (Å²) in [5.74, 6) is 0. The van der Waals surface area contributed by atoms with Crippen molar-refractivity contribution in [3.8, 4) is 0 Å². The van der Waals surface area contributed by atoms with Crippen LogP contribution >= 0.6 is 23.2 Å². The molecule has 0 bridgehead atoms. The van der Waals surface area contributed by atoms with Crippen LogP contribution in [-0.2, 0) is 0 Å². The van der Waals surface area contributed by atoms with Gasteiger partial charge in [0.25, 0.3) is 0 Å². The van der Waals surface area contributed by atoms with Gasteiger partial charge in [-0.25, -0.2) is 0 Å². The van der Waals surface area contributed by atoms with Crippen molar-refractivity contribution in [3.63, 3.8) is 0 Å². The van der Waals surface area contributed by atoms with Crippen molar-refractivity contribution in [2.75, 3.05) is 0 Å². The summed E-state index contributed by atoms with van der Waals surface area (Å²) in [5.41, 5.74) is 2.06. The number of benzene rings is 1. The Labute approximate surface area is 96.8 Å². The molecule has 0 amide bonds. The van der Waals surface area contributed by atoms with E-state index in [1.165, 1.54) is 0 Å². The van der Waals surface area contributed by atoms with Crippen molar-refractivity contribution in [1.29, 1.82) is 0 Å². The number of H-pyrrole nitrogens is 1. The van der Waals surface area contributed by atoms with Crippen LogP contribution in [0.4, 0.5) is 0 Å². The largest absolute Gasteiger partial charge is 0.356 e. The Morgan fingerprint density at radius 2 is 1.87 bits per heavy atom. The normalized spacial score (nSPS) is 10.9. The Bertz CT molecular complexity index is 602. The molecule has 1 aromatic heterocycles. The Morgan fingerprint density at radius 3 is 2.53 bits per heavy atom. The van der Waals surface area contributed by atoms with Crippen LogP contribution in [0.1, 0.15) is 11.3 Å². The smallest absolute Gasteiger partial charge is 0.208 e. The highest BCUT2D eigenvalue weighted by atomic mass is 35.5. The van der Waals surface area contributed by atoms with E-state index < -0.39 is 0 Å². The van der Waals surface area contributed by atoms with Gasteiger partial charge in [0.1, 0.15) is 5.02 Å². The number of fused-ring (bicyclic) bond motifs is 1. The van der Waals surface area contributed by atoms with Crippen LogP contribution in [0.3, 0.4) is 0 Å². The molecular formula is C11H9Cl2NO. The molecule has 2 aromatic rings. The lowest BCUT2D eigenvalue weighted by atomic mass is 10.1. The molecule has 4 heteroatoms. The maximum Gasteiger partial charge on any atom is 0.208 e. The van der Waals surface area contributed by atoms with Crippen molar-refractivity contribution in [1.82, 2.24) is 4.98 Å². The zero-order chi connectivity index (χ0) is 11.2. The van der Waals surface area contributed by atoms with Crippen LogP contribution < -0.4 is 5.43 Å². The quantitative estimate of drug-likeness (QED) is 0.753. The molecule has 0 saturated heterocycles. The molecule has 0 unspecified atom stereocenters. The van der Waals surface area contributed by atoms with Gasteiger partial charge < -0.3 is 4.98 Å². The molecule has 2 rings (SSSR count). The summed E-state index contributed by atoms with van der Waals surface area (Å²) in [6, 6.07) is 3.60. The number of hydrogen-bond donors (Lipinski definition) is 1. The van der Waals surface area contributed by atoms with Crippen molar-refractivity contribution in [2.24, 2.45) is 0 Å². The van der Waals surface area contributed by atoms with Crippen LogP contribution in [0.15, 0.2) is 16.9 Å². The van der Waals surface area contributed by atoms with Crippen LogP contribution in [0.2, 0.25) is 10.0 Å². The molecule has 0 aliphatic carbocycles. The second kappa shape index (κ2) is 3.54. The third-order valence-electron chi connectivity index (χ3n) is 2.32. The molecule has 15 heavy (non-hydrogen) atoms. The molecule has 1 aromatic carbocycles. The van der Waals surface area contributed by atoms with Gasteiger partial charge in [0.15, 0.2) is 0 Å². The fourth-order valence-electron chi connectivity index (χ4n) is 1.58. The Hall–Kier alpha value is -0.990. The fourth-order valence-corrected chi connectivity index (χ4v) is 2.05. The average molecular weight is 242 g/mol. The van der Waals surface area contributed by atoms with Crippen LogP contribution in [0.25, 0.3) is 10.9 Å². The van der Waals surface area contributed by atoms with E-state index in [4.69, 9.17) is 23.2 Å². The highest BCUT2D eigenvalue weighted by molar-refractivity contribution is 6.36. The molecule has 0 aliphatic heterocycles. The second-order valence-corrected chi connectivity index (χ2v) is 4.35. The summed E-state index contributed by atoms with van der Waals surface area (Å²) in [6.07, 6.45) is 0. The fraction of sp³-hybridized carbons (Fsp3) is 0.182. The molecule has 0 radical (unpaired) electrons. The van der Waals surface area contributed by atoms with E-state index in [1.807, 2.05) is 13.0 Å². The standard InChI is InChI=1S/C11H9Cl2NO/c1-5-3-7-10(8(12)4-5)14-6(2)9(13)11(7)15/h3-4H,1-2H3,(H,14,15). The van der Waals surface area contributed by atoms with Gasteiger partial charge in [-0.05, 0) is 31.5 Å². The molecule has 0 spiro atoms. The van der Waals surface area contributed by atoms with Crippen molar-refractivity contribution in [2.45, 2.75) is 13.8 Å². The number of pyridine rings is 1. The maximum absolute atomic E-state index is 11.8. The van der Waals surface area contributed by atoms with Gasteiger partial charge in [-0.15, -0.1) is 0 Å². The maximum atomic E-state index is 11.8. The molecule has 0 aliphatic rings. The summed E-state index contributed by atoms with van der Waals surface area (Å²) in [6.45, 7) is 3.64. The van der Waals surface area contributed by atoms with E-state index in [-0.39, 0.29) is 10.5 Å². The van der Waals surface area contributed by atoms with Gasteiger partial charge in [-0.3, -0.25) is 4.79 Å². The minimum absolute atomic E-state index is 0.173. The average Bonchev–Trinajstić information content (AvgIpc) is 2.17. The van der Waals surface area contributed by atoms with Crippen LogP contribution in [0, 0.1) is 13.8 Å². The third-order valence-corrected chi connectivity index (χ3v) is 3.07. The Morgan fingerprint density at radius 1 is 1.20 bits per heavy atom. The first-order valence-corrected chi connectivity index (χ1v) is 5.24. The zero-order valence-corrected chi connectivity index (χ0v) is 9.83. The van der Waals surface area contributed by atoms with Crippen molar-refractivity contribution < 1.29 is 0 Å². The summed E-state index contributed by atoms with van der Waals surface area (Å²) >= 11 is 11.9. The molecule has 1 heterocycles. The minimum atomic E-state index is -0.173. The predicted molar refractivity (Wildman–Crippen MR) is 64.1 cm³/mol. The van der Waals surface area contributed by atoms with Crippen LogP contribution in [-0.4, -0.2) is 4.98 Å². The van der Waals surface area contributed by atoms with Crippen LogP contribution in [0.5, 0.6) is 0 Å². The number of hydrogen-bond acceptors (Lipinski definition) is 1. The van der Waals surface area contributed by atoms with E-state index in [9.17, 15) is 4.79 Å². The first-order valence-electron chi connectivity index (χ1n) is 4.49. The number of nitrogens with one attached hydrogen (secondary N) is 1. The summed E-state index contributed by atoms with van der Waals surface area (Å²) in [4.78, 5) is 14.9. The van der Waals surface area contributed by atoms with Gasteiger partial charge in [0.05, 0.1) is 10.5 Å². The van der Waals surface area contributed by atoms with Crippen molar-refractivity contribution in [3.05, 3.63) is 43.7 Å². The molecule has 0 atom stereocenters. The van der Waals surface area contributed by atoms with E-state index in [0.29, 0.717) is 21.6 Å². The SMILES string of the molecule is Cc1cc(Cl)c2[nH]c(C)c(Cl)c(=O)c2c1. The second-order valence-electron chi connectivity index (χ2n) is 3.56. The molecular weight excluding hydrogens is 233 g/mol. The summed E-state index contributed by atoms with van der Waals surface area (Å²) < 4.78 is 0. The van der Waals surface area contributed by atoms with E-state index in [2.05, 4.69) is 4.98 Å². The van der Waals surface area contributed by atoms with E-state index >= 15 is 0 Å². The molecule has 0 fully saturated rings. The lowest BCUT2D eigenvalue weighted by Gasteiger charge is -2.05. The molecule has 0 saturated carbocycles. The highest BCUT2D eigenvalue weighted by Crippen LogP contribution is 2.23.